The number of hydrogen-bond acceptors (Lipinski definition) is 14. The number of carbonyl (C=O) groups excluding carboxylic acids is 2. The van der Waals surface area contributed by atoms with E-state index in [-0.39, 0.29) is 29.0 Å². The molecule has 0 spiro atoms. The van der Waals surface area contributed by atoms with Gasteiger partial charge >= 0.3 is 16.4 Å². The van der Waals surface area contributed by atoms with Gasteiger partial charge in [-0.05, 0) is 38.1 Å². The van der Waals surface area contributed by atoms with Crippen molar-refractivity contribution >= 4 is 56.2 Å². The second kappa shape index (κ2) is 13.3. The number of aromatic nitrogens is 3. The van der Waals surface area contributed by atoms with Crippen molar-refractivity contribution in [2.45, 2.75) is 38.1 Å². The topological polar surface area (TPSA) is 287 Å². The lowest BCUT2D eigenvalue weighted by atomic mass is 9.84. The number of β-lactam (4-membered cyclic amide) rings is 1. The monoisotopic (exact) mass is 665 g/mol. The van der Waals surface area contributed by atoms with Crippen molar-refractivity contribution in [2.75, 3.05) is 12.3 Å². The first kappa shape index (κ1) is 32.8. The zero-order chi connectivity index (χ0) is 32.9. The summed E-state index contributed by atoms with van der Waals surface area (Å²) in [4.78, 5) is 57.8. The first-order valence-corrected chi connectivity index (χ1v) is 14.9. The predicted octanol–water partition coefficient (Wildman–Crippen LogP) is -0.553. The minimum absolute atomic E-state index is 0.0477. The number of oxime groups is 1. The van der Waals surface area contributed by atoms with Crippen molar-refractivity contribution in [3.05, 3.63) is 59.1 Å². The summed E-state index contributed by atoms with van der Waals surface area (Å²) in [5.41, 5.74) is 10.2. The molecular formula is C24H27N9O10S2. The molecule has 2 atom stereocenters. The summed E-state index contributed by atoms with van der Waals surface area (Å²) in [6.45, 7) is 2.42. The van der Waals surface area contributed by atoms with Crippen molar-refractivity contribution in [1.82, 2.24) is 25.3 Å². The van der Waals surface area contributed by atoms with Crippen LogP contribution in [0.3, 0.4) is 0 Å². The van der Waals surface area contributed by atoms with Gasteiger partial charge in [0.2, 0.25) is 0 Å². The van der Waals surface area contributed by atoms with Gasteiger partial charge in [0.15, 0.2) is 10.8 Å². The van der Waals surface area contributed by atoms with Crippen LogP contribution in [0.1, 0.15) is 30.9 Å². The molecule has 1 saturated heterocycles. The number of hydroxylamine groups is 2. The van der Waals surface area contributed by atoms with Crippen molar-refractivity contribution in [3.8, 4) is 5.75 Å². The molecule has 1 unspecified atom stereocenters. The van der Waals surface area contributed by atoms with E-state index in [1.165, 1.54) is 31.4 Å². The third-order valence-corrected chi connectivity index (χ3v) is 7.16. The van der Waals surface area contributed by atoms with Crippen LogP contribution in [-0.4, -0.2) is 91.7 Å². The summed E-state index contributed by atoms with van der Waals surface area (Å²) in [5, 5.41) is 17.5. The SMILES string of the molecule is CC1(C)[C@H](NC(=O)/C(=N\OC(COc2ccc(C(N)=NCc3ncc[nH]3)cc2)C(=O)O)c2csc(N)n2)C(=O)N1OS(=O)(=O)O. The fraction of sp³-hybridized carbons (Fsp3) is 0.292. The minimum Gasteiger partial charge on any atom is -0.489 e. The smallest absolute Gasteiger partial charge is 0.418 e. The third-order valence-electron chi connectivity index (χ3n) is 6.15. The zero-order valence-electron chi connectivity index (χ0n) is 23.5. The molecule has 1 aromatic carbocycles. The number of nitrogen functional groups attached to an aromatic ring is 1. The van der Waals surface area contributed by atoms with Crippen LogP contribution in [0.4, 0.5) is 5.13 Å². The van der Waals surface area contributed by atoms with Gasteiger partial charge in [-0.2, -0.15) is 13.5 Å². The van der Waals surface area contributed by atoms with Crippen LogP contribution in [0, 0.1) is 0 Å². The molecular weight excluding hydrogens is 638 g/mol. The molecule has 1 aliphatic rings. The summed E-state index contributed by atoms with van der Waals surface area (Å²) in [5.74, 6) is -2.36. The lowest BCUT2D eigenvalue weighted by Crippen LogP contribution is -2.76. The molecule has 0 saturated carbocycles. The van der Waals surface area contributed by atoms with E-state index in [0.717, 1.165) is 11.3 Å². The summed E-state index contributed by atoms with van der Waals surface area (Å²) >= 11 is 0.947. The first-order chi connectivity index (χ1) is 21.2. The second-order valence-corrected chi connectivity index (χ2v) is 11.6. The van der Waals surface area contributed by atoms with Crippen molar-refractivity contribution in [1.29, 1.82) is 0 Å². The quantitative estimate of drug-likeness (QED) is 0.0414. The molecule has 4 rings (SSSR count). The van der Waals surface area contributed by atoms with Gasteiger partial charge in [0.25, 0.3) is 17.9 Å². The molecule has 21 heteroatoms. The molecule has 240 valence electrons. The number of aliphatic imine (C=N–C) groups is 1. The number of hydrogen-bond donors (Lipinski definition) is 6. The number of aromatic amines is 1. The molecule has 0 bridgehead atoms. The van der Waals surface area contributed by atoms with E-state index in [2.05, 4.69) is 34.7 Å². The van der Waals surface area contributed by atoms with Crippen LogP contribution in [-0.2, 0) is 40.4 Å². The van der Waals surface area contributed by atoms with Crippen LogP contribution in [0.15, 0.2) is 52.2 Å². The van der Waals surface area contributed by atoms with Crippen LogP contribution in [0.25, 0.3) is 0 Å². The summed E-state index contributed by atoms with van der Waals surface area (Å²) in [7, 11) is -5.02. The van der Waals surface area contributed by atoms with Crippen molar-refractivity contribution < 1.29 is 46.3 Å². The number of imidazole rings is 1. The van der Waals surface area contributed by atoms with Gasteiger partial charge in [0, 0.05) is 23.3 Å². The van der Waals surface area contributed by atoms with E-state index in [1.54, 1.807) is 24.5 Å². The Kier molecular flexibility index (Phi) is 9.66. The Bertz CT molecular complexity index is 1720. The van der Waals surface area contributed by atoms with Gasteiger partial charge in [-0.3, -0.25) is 19.1 Å². The standard InChI is InChI=1S/C24H27N9O10S2/c1-24(2)18(21(35)33(24)43-45(38,39)40)31-20(34)17(14-11-44-23(26)30-14)32-42-15(22(36)37)10-41-13-5-3-12(4-6-13)19(25)29-9-16-27-7-8-28-16/h3-8,11,15,18H,9-10H2,1-2H3,(H2,25,29)(H2,26,30)(H,27,28)(H,31,34)(H,36,37)(H,38,39,40)/b32-17-/t15?,18-/m1/s1. The summed E-state index contributed by atoms with van der Waals surface area (Å²) in [6, 6.07) is 4.97. The summed E-state index contributed by atoms with van der Waals surface area (Å²) in [6.07, 6.45) is 1.55. The molecule has 0 radical (unpaired) electrons. The molecule has 1 aliphatic heterocycles. The predicted molar refractivity (Wildman–Crippen MR) is 156 cm³/mol. The number of amidine groups is 1. The lowest BCUT2D eigenvalue weighted by Gasteiger charge is -2.50. The lowest BCUT2D eigenvalue weighted by molar-refractivity contribution is -0.218. The molecule has 8 N–H and O–H groups in total. The molecule has 1 fully saturated rings. The van der Waals surface area contributed by atoms with E-state index in [4.69, 9.17) is 25.6 Å². The molecule has 3 heterocycles. The van der Waals surface area contributed by atoms with E-state index in [1.807, 2.05) is 0 Å². The van der Waals surface area contributed by atoms with Gasteiger partial charge < -0.3 is 36.4 Å². The fourth-order valence-electron chi connectivity index (χ4n) is 3.81. The molecule has 3 aromatic rings. The van der Waals surface area contributed by atoms with Gasteiger partial charge in [0.1, 0.15) is 35.8 Å². The number of nitrogens with one attached hydrogen (secondary N) is 2. The molecule has 19 nitrogen and oxygen atoms in total. The Balaban J connectivity index is 1.43. The minimum atomic E-state index is -5.02. The Hall–Kier alpha value is -5.12. The maximum atomic E-state index is 13.2. The number of nitrogens with zero attached hydrogens (tertiary/aromatic N) is 5. The van der Waals surface area contributed by atoms with Gasteiger partial charge in [-0.1, -0.05) is 5.16 Å². The number of aliphatic carboxylic acids is 1. The van der Waals surface area contributed by atoms with Crippen LogP contribution >= 0.6 is 11.3 Å². The normalized spacial score (nSPS) is 17.4. The van der Waals surface area contributed by atoms with Gasteiger partial charge in [-0.25, -0.2) is 14.8 Å². The molecule has 2 aromatic heterocycles. The van der Waals surface area contributed by atoms with Crippen LogP contribution in [0.5, 0.6) is 5.75 Å². The van der Waals surface area contributed by atoms with Crippen LogP contribution < -0.4 is 21.5 Å². The highest BCUT2D eigenvalue weighted by atomic mass is 32.3. The van der Waals surface area contributed by atoms with E-state index in [9.17, 15) is 27.9 Å². The Morgan fingerprint density at radius 2 is 2.00 bits per heavy atom. The number of H-pyrrole nitrogens is 1. The van der Waals surface area contributed by atoms with Crippen molar-refractivity contribution in [3.63, 3.8) is 0 Å². The van der Waals surface area contributed by atoms with Gasteiger partial charge in [-0.15, -0.1) is 15.6 Å². The number of anilines is 1. The highest BCUT2D eigenvalue weighted by molar-refractivity contribution is 7.80. The fourth-order valence-corrected chi connectivity index (χ4v) is 4.81. The first-order valence-electron chi connectivity index (χ1n) is 12.7. The number of rotatable bonds is 14. The number of carbonyl (C=O) groups is 3. The number of ether oxygens (including phenoxy) is 1. The maximum Gasteiger partial charge on any atom is 0.418 e. The number of thiazole rings is 1. The maximum absolute atomic E-state index is 13.2. The highest BCUT2D eigenvalue weighted by Gasteiger charge is 2.58. The molecule has 45 heavy (non-hydrogen) atoms. The second-order valence-electron chi connectivity index (χ2n) is 9.71. The number of benzene rings is 1. The van der Waals surface area contributed by atoms with Crippen LogP contribution in [0.2, 0.25) is 0 Å². The average molecular weight is 666 g/mol. The molecule has 0 aliphatic carbocycles. The van der Waals surface area contributed by atoms with E-state index < -0.39 is 58.2 Å². The van der Waals surface area contributed by atoms with E-state index >= 15 is 0 Å². The van der Waals surface area contributed by atoms with Gasteiger partial charge in [0.05, 0.1) is 12.1 Å². The number of nitrogens with two attached hydrogens (primary N) is 2. The number of carboxylic acids is 1. The van der Waals surface area contributed by atoms with E-state index in [0.29, 0.717) is 16.5 Å². The highest BCUT2D eigenvalue weighted by Crippen LogP contribution is 2.33. The largest absolute Gasteiger partial charge is 0.489 e. The summed E-state index contributed by atoms with van der Waals surface area (Å²) < 4.78 is 40.8. The molecule has 2 amide bonds. The number of carboxylic acid groups (broad SMARTS) is 1. The third kappa shape index (κ3) is 8.08. The zero-order valence-corrected chi connectivity index (χ0v) is 25.1. The Morgan fingerprint density at radius 3 is 2.56 bits per heavy atom. The Morgan fingerprint density at radius 1 is 1.29 bits per heavy atom. The van der Waals surface area contributed by atoms with Crippen molar-refractivity contribution in [2.24, 2.45) is 15.9 Å². The number of amides is 2. The average Bonchev–Trinajstić information content (AvgIpc) is 3.66. The Labute approximate surface area is 258 Å².